The molecule has 49 heavy (non-hydrogen) atoms. The van der Waals surface area contributed by atoms with Gasteiger partial charge in [-0.3, -0.25) is 9.59 Å². The van der Waals surface area contributed by atoms with E-state index in [2.05, 4.69) is 0 Å². The lowest BCUT2D eigenvalue weighted by Crippen LogP contribution is -2.63. The average Bonchev–Trinajstić information content (AvgIpc) is 3.08. The van der Waals surface area contributed by atoms with Crippen molar-refractivity contribution >= 4 is 11.9 Å². The van der Waals surface area contributed by atoms with Crippen LogP contribution in [0.3, 0.4) is 0 Å². The predicted octanol–water partition coefficient (Wildman–Crippen LogP) is -3.97. The minimum absolute atomic E-state index is 0.116. The normalized spacial score (nSPS) is 47.6. The fourth-order valence-electron chi connectivity index (χ4n) is 7.90. The standard InChI is InChI=1S/C31H50O18/c1-43-17-7-12(5-6-14(17)33)29-18(47-31-28(42)26(40)24(38)20(49-31)11-44-22(36)9-21(34)35)8-13-15(45-29)3-2-4-16(13)46-30-27(41)25(39)23(37)19(10-32)48-30/h12-20,23-33,37-42H,2-11H2,1H3,(H,34,35)/p+1. The molecule has 0 bridgehead atoms. The lowest BCUT2D eigenvalue weighted by Gasteiger charge is -2.49. The van der Waals surface area contributed by atoms with E-state index >= 15 is 0 Å². The Kier molecular flexibility index (Phi) is 13.2. The van der Waals surface area contributed by atoms with Crippen molar-refractivity contribution < 1.29 is 88.7 Å². The topological polar surface area (TPSA) is 284 Å². The third-order valence-electron chi connectivity index (χ3n) is 10.6. The number of aliphatic hydroxyl groups is 10. The summed E-state index contributed by atoms with van der Waals surface area (Å²) in [5.74, 6) is -2.94. The van der Waals surface area contributed by atoms with Crippen LogP contribution in [0.25, 0.3) is 0 Å². The van der Waals surface area contributed by atoms with Crippen LogP contribution in [0.2, 0.25) is 0 Å². The van der Waals surface area contributed by atoms with Crippen molar-refractivity contribution in [3.63, 3.8) is 0 Å². The Morgan fingerprint density at radius 3 is 2.02 bits per heavy atom. The zero-order valence-corrected chi connectivity index (χ0v) is 27.2. The van der Waals surface area contributed by atoms with Crippen molar-refractivity contribution in [2.75, 3.05) is 20.3 Å². The maximum Gasteiger partial charge on any atom is 0.317 e. The number of esters is 1. The molecule has 18 unspecified atom stereocenters. The van der Waals surface area contributed by atoms with Gasteiger partial charge < -0.3 is 79.1 Å². The highest BCUT2D eigenvalue weighted by Gasteiger charge is 2.55. The summed E-state index contributed by atoms with van der Waals surface area (Å²) in [6.07, 6.45) is -15.7. The Morgan fingerprint density at radius 2 is 1.39 bits per heavy atom. The lowest BCUT2D eigenvalue weighted by atomic mass is 9.73. The summed E-state index contributed by atoms with van der Waals surface area (Å²) in [5, 5.41) is 92.3. The Balaban J connectivity index is 1.35. The number of fused-ring (bicyclic) bond motifs is 1. The SMILES string of the molecule is COC1CC(C2[OH+]C3CCCC(OC4OC(CO)C(O)C(O)C4O)C3CC2OC2OC(COC(=O)CC(=O)O)C(O)C(O)C2O)CCC1O. The van der Waals surface area contributed by atoms with Crippen molar-refractivity contribution in [3.8, 4) is 0 Å². The number of carbonyl (C=O) groups is 2. The van der Waals surface area contributed by atoms with E-state index in [1.54, 1.807) is 0 Å². The van der Waals surface area contributed by atoms with Crippen LogP contribution in [-0.2, 0) is 38.0 Å². The van der Waals surface area contributed by atoms with Crippen LogP contribution in [0.4, 0.5) is 0 Å². The Hall–Kier alpha value is -1.62. The quantitative estimate of drug-likeness (QED) is 0.0561. The average molecular weight is 712 g/mol. The molecular formula is C31H51O18+. The Labute approximate surface area is 282 Å². The Bertz CT molecular complexity index is 1090. The van der Waals surface area contributed by atoms with E-state index < -0.39 is 124 Å². The van der Waals surface area contributed by atoms with Crippen molar-refractivity contribution in [1.82, 2.24) is 0 Å². The van der Waals surface area contributed by atoms with E-state index in [0.29, 0.717) is 44.9 Å². The van der Waals surface area contributed by atoms with Gasteiger partial charge in [0, 0.05) is 19.4 Å². The number of carboxylic acids is 1. The fraction of sp³-hybridized carbons (Fsp3) is 0.935. The summed E-state index contributed by atoms with van der Waals surface area (Å²) in [4.78, 5) is 22.7. The first-order chi connectivity index (χ1) is 23.3. The van der Waals surface area contributed by atoms with Crippen molar-refractivity contribution in [2.45, 2.75) is 149 Å². The number of carbonyl (C=O) groups excluding carboxylic acids is 1. The molecule has 3 heterocycles. The molecule has 0 radical (unpaired) electrons. The lowest BCUT2D eigenvalue weighted by molar-refractivity contribution is -0.364. The van der Waals surface area contributed by atoms with E-state index in [1.807, 2.05) is 0 Å². The number of rotatable bonds is 11. The zero-order chi connectivity index (χ0) is 35.6. The summed E-state index contributed by atoms with van der Waals surface area (Å²) in [6.45, 7) is -1.23. The highest BCUT2D eigenvalue weighted by atomic mass is 16.7. The molecule has 18 heteroatoms. The number of hydrogen-bond acceptors (Lipinski definition) is 16. The monoisotopic (exact) mass is 711 g/mol. The first-order valence-electron chi connectivity index (χ1n) is 16.9. The van der Waals surface area contributed by atoms with Crippen LogP contribution in [0.5, 0.6) is 0 Å². The van der Waals surface area contributed by atoms with Crippen molar-refractivity contribution in [2.24, 2.45) is 11.8 Å². The molecule has 5 fully saturated rings. The minimum Gasteiger partial charge on any atom is -0.481 e. The summed E-state index contributed by atoms with van der Waals surface area (Å²) >= 11 is 0. The number of carboxylic acid groups (broad SMARTS) is 1. The highest BCUT2D eigenvalue weighted by molar-refractivity contribution is 5.90. The van der Waals surface area contributed by atoms with Gasteiger partial charge in [-0.1, -0.05) is 0 Å². The van der Waals surface area contributed by atoms with E-state index in [-0.39, 0.29) is 17.9 Å². The van der Waals surface area contributed by atoms with Gasteiger partial charge in [0.25, 0.3) is 0 Å². The molecule has 3 aliphatic heterocycles. The molecule has 18 atom stereocenters. The third-order valence-corrected chi connectivity index (χ3v) is 10.6. The molecule has 18 nitrogen and oxygen atoms in total. The van der Waals surface area contributed by atoms with Crippen LogP contribution in [0, 0.1) is 11.8 Å². The molecule has 2 saturated carbocycles. The van der Waals surface area contributed by atoms with Gasteiger partial charge in [0.15, 0.2) is 24.8 Å². The Morgan fingerprint density at radius 1 is 0.755 bits per heavy atom. The molecular weight excluding hydrogens is 660 g/mol. The fourth-order valence-corrected chi connectivity index (χ4v) is 7.90. The zero-order valence-electron chi connectivity index (χ0n) is 27.2. The maximum absolute atomic E-state index is 11.8. The number of aliphatic carboxylic acids is 1. The minimum atomic E-state index is -1.77. The van der Waals surface area contributed by atoms with Crippen LogP contribution < -0.4 is 0 Å². The summed E-state index contributed by atoms with van der Waals surface area (Å²) in [5.41, 5.74) is 0. The number of methoxy groups -OCH3 is 1. The van der Waals surface area contributed by atoms with Crippen LogP contribution in [0.15, 0.2) is 0 Å². The predicted molar refractivity (Wildman–Crippen MR) is 159 cm³/mol. The van der Waals surface area contributed by atoms with Gasteiger partial charge >= 0.3 is 11.9 Å². The number of aliphatic hydroxyl groups excluding tert-OH is 8. The van der Waals surface area contributed by atoms with E-state index in [0.717, 1.165) is 0 Å². The van der Waals surface area contributed by atoms with Gasteiger partial charge in [-0.05, 0) is 38.5 Å². The highest BCUT2D eigenvalue weighted by Crippen LogP contribution is 2.44. The molecule has 0 spiro atoms. The molecule has 5 aliphatic rings. The molecule has 282 valence electrons. The molecule has 5 rings (SSSR count). The van der Waals surface area contributed by atoms with Crippen molar-refractivity contribution in [1.29, 1.82) is 0 Å². The van der Waals surface area contributed by atoms with Gasteiger partial charge in [-0.15, -0.1) is 0 Å². The van der Waals surface area contributed by atoms with Gasteiger partial charge in [-0.2, -0.15) is 0 Å². The summed E-state index contributed by atoms with van der Waals surface area (Å²) in [6, 6.07) is 0. The van der Waals surface area contributed by atoms with Crippen LogP contribution in [0.1, 0.15) is 51.4 Å². The largest absolute Gasteiger partial charge is 0.481 e. The second-order valence-electron chi connectivity index (χ2n) is 13.8. The van der Waals surface area contributed by atoms with Crippen LogP contribution >= 0.6 is 0 Å². The molecule has 0 aromatic rings. The van der Waals surface area contributed by atoms with E-state index in [9.17, 15) is 50.4 Å². The number of hydrogen-bond donors (Lipinski definition) is 9. The second kappa shape index (κ2) is 16.8. The van der Waals surface area contributed by atoms with Crippen molar-refractivity contribution in [3.05, 3.63) is 0 Å². The molecule has 0 aromatic heterocycles. The first kappa shape index (κ1) is 38.6. The van der Waals surface area contributed by atoms with E-state index in [1.165, 1.54) is 7.11 Å². The molecule has 2 aliphatic carbocycles. The van der Waals surface area contributed by atoms with Gasteiger partial charge in [-0.25, -0.2) is 0 Å². The second-order valence-corrected chi connectivity index (χ2v) is 13.8. The van der Waals surface area contributed by atoms with Gasteiger partial charge in [0.1, 0.15) is 68.0 Å². The first-order valence-corrected chi connectivity index (χ1v) is 16.9. The van der Waals surface area contributed by atoms with Gasteiger partial charge in [0.05, 0.1) is 30.8 Å². The smallest absolute Gasteiger partial charge is 0.317 e. The van der Waals surface area contributed by atoms with E-state index in [4.69, 9.17) is 38.3 Å². The molecule has 10 N–H and O–H groups in total. The molecule has 0 aromatic carbocycles. The maximum atomic E-state index is 11.8. The molecule has 0 amide bonds. The number of ether oxygens (including phenoxy) is 7. The van der Waals surface area contributed by atoms with Gasteiger partial charge in [0.2, 0.25) is 0 Å². The van der Waals surface area contributed by atoms with Crippen LogP contribution in [-0.4, -0.2) is 181 Å². The third kappa shape index (κ3) is 8.72. The molecule has 3 saturated heterocycles. The summed E-state index contributed by atoms with van der Waals surface area (Å²) < 4.78 is 39.7. The summed E-state index contributed by atoms with van der Waals surface area (Å²) in [7, 11) is 1.52.